The van der Waals surface area contributed by atoms with Crippen LogP contribution < -0.4 is 20.3 Å². The van der Waals surface area contributed by atoms with Gasteiger partial charge in [0, 0.05) is 39.3 Å². The van der Waals surface area contributed by atoms with Crippen LogP contribution in [0.5, 0.6) is 5.75 Å². The molecule has 1 amide bonds. The second kappa shape index (κ2) is 11.5. The number of benzene rings is 1. The molecule has 162 valence electrons. The zero-order valence-electron chi connectivity index (χ0n) is 17.7. The van der Waals surface area contributed by atoms with Crippen molar-refractivity contribution in [2.45, 2.75) is 44.2 Å². The predicted octanol–water partition coefficient (Wildman–Crippen LogP) is 2.46. The van der Waals surface area contributed by atoms with Gasteiger partial charge in [0.05, 0.1) is 12.8 Å². The number of rotatable bonds is 6. The van der Waals surface area contributed by atoms with Crippen LogP contribution in [0.4, 0.5) is 5.69 Å². The van der Waals surface area contributed by atoms with E-state index in [1.807, 2.05) is 18.2 Å². The van der Waals surface area contributed by atoms with E-state index in [-0.39, 0.29) is 42.5 Å². The number of anilines is 1. The maximum atomic E-state index is 12.0. The molecule has 2 aliphatic rings. The SMILES string of the molecule is COc1ccccc1N1CCC(NC(=NCC(=O)N(C)C)NC2CCCC2)C1.I. The van der Waals surface area contributed by atoms with Crippen molar-refractivity contribution in [3.8, 4) is 5.75 Å². The summed E-state index contributed by atoms with van der Waals surface area (Å²) in [5.74, 6) is 1.67. The molecule has 7 nitrogen and oxygen atoms in total. The molecule has 0 aromatic heterocycles. The minimum Gasteiger partial charge on any atom is -0.495 e. The number of aliphatic imine (C=N–C) groups is 1. The lowest BCUT2D eigenvalue weighted by Crippen LogP contribution is -2.48. The fourth-order valence-electron chi connectivity index (χ4n) is 3.87. The number of nitrogens with one attached hydrogen (secondary N) is 2. The predicted molar refractivity (Wildman–Crippen MR) is 129 cm³/mol. The molecule has 8 heteroatoms. The van der Waals surface area contributed by atoms with E-state index in [0.29, 0.717) is 6.04 Å². The number of guanidine groups is 1. The highest BCUT2D eigenvalue weighted by atomic mass is 127. The lowest BCUT2D eigenvalue weighted by Gasteiger charge is -2.23. The third-order valence-corrected chi connectivity index (χ3v) is 5.52. The fraction of sp³-hybridized carbons (Fsp3) is 0.619. The van der Waals surface area contributed by atoms with Crippen molar-refractivity contribution in [3.63, 3.8) is 0 Å². The summed E-state index contributed by atoms with van der Waals surface area (Å²) in [6.07, 6.45) is 5.87. The maximum absolute atomic E-state index is 12.0. The Bertz CT molecular complexity index is 691. The number of para-hydroxylation sites is 2. The van der Waals surface area contributed by atoms with Gasteiger partial charge >= 0.3 is 0 Å². The molecule has 3 rings (SSSR count). The fourth-order valence-corrected chi connectivity index (χ4v) is 3.87. The van der Waals surface area contributed by atoms with Gasteiger partial charge in [0.15, 0.2) is 5.96 Å². The van der Waals surface area contributed by atoms with Gasteiger partial charge in [-0.2, -0.15) is 0 Å². The van der Waals surface area contributed by atoms with Crippen LogP contribution in [0.15, 0.2) is 29.3 Å². The van der Waals surface area contributed by atoms with E-state index >= 15 is 0 Å². The molecule has 1 unspecified atom stereocenters. The van der Waals surface area contributed by atoms with Crippen LogP contribution in [0.2, 0.25) is 0 Å². The van der Waals surface area contributed by atoms with Gasteiger partial charge in [0.2, 0.25) is 5.91 Å². The number of carbonyl (C=O) groups is 1. The van der Waals surface area contributed by atoms with E-state index in [1.54, 1.807) is 26.1 Å². The van der Waals surface area contributed by atoms with E-state index in [1.165, 1.54) is 25.7 Å². The smallest absolute Gasteiger partial charge is 0.243 e. The van der Waals surface area contributed by atoms with E-state index < -0.39 is 0 Å². The molecule has 1 heterocycles. The first-order valence-corrected chi connectivity index (χ1v) is 10.2. The molecular formula is C21H34IN5O2. The highest BCUT2D eigenvalue weighted by Crippen LogP contribution is 2.30. The van der Waals surface area contributed by atoms with Gasteiger partial charge in [-0.25, -0.2) is 4.99 Å². The van der Waals surface area contributed by atoms with Gasteiger partial charge in [-0.05, 0) is 31.4 Å². The first kappa shape index (κ1) is 23.6. The Morgan fingerprint density at radius 3 is 2.55 bits per heavy atom. The summed E-state index contributed by atoms with van der Waals surface area (Å²) in [6, 6.07) is 8.87. The van der Waals surface area contributed by atoms with Gasteiger partial charge < -0.3 is 25.2 Å². The molecule has 1 aliphatic heterocycles. The summed E-state index contributed by atoms with van der Waals surface area (Å²) >= 11 is 0. The standard InChI is InChI=1S/C21H33N5O2.HI/c1-25(2)20(27)14-22-21(23-16-8-4-5-9-16)24-17-12-13-26(15-17)18-10-6-7-11-19(18)28-3;/h6-7,10-11,16-17H,4-5,8-9,12-15H2,1-3H3,(H2,22,23,24);1H. The quantitative estimate of drug-likeness (QED) is 0.346. The summed E-state index contributed by atoms with van der Waals surface area (Å²) in [7, 11) is 5.23. The number of ether oxygens (including phenoxy) is 1. The molecule has 2 fully saturated rings. The van der Waals surface area contributed by atoms with Crippen molar-refractivity contribution in [3.05, 3.63) is 24.3 Å². The van der Waals surface area contributed by atoms with Gasteiger partial charge in [-0.3, -0.25) is 4.79 Å². The first-order valence-electron chi connectivity index (χ1n) is 10.2. The van der Waals surface area contributed by atoms with Crippen LogP contribution >= 0.6 is 24.0 Å². The third kappa shape index (κ3) is 6.65. The minimum atomic E-state index is 0. The molecule has 0 radical (unpaired) electrons. The summed E-state index contributed by atoms with van der Waals surface area (Å²) in [4.78, 5) is 20.5. The number of likely N-dealkylation sites (N-methyl/N-ethyl adjacent to an activating group) is 1. The Labute approximate surface area is 191 Å². The Balaban J connectivity index is 0.00000300. The Morgan fingerprint density at radius 2 is 1.86 bits per heavy atom. The molecule has 1 aromatic carbocycles. The van der Waals surface area contributed by atoms with Crippen LogP contribution in [0.25, 0.3) is 0 Å². The van der Waals surface area contributed by atoms with Gasteiger partial charge in [0.25, 0.3) is 0 Å². The van der Waals surface area contributed by atoms with Crippen LogP contribution in [-0.4, -0.2) is 69.7 Å². The Hall–Kier alpha value is -1.71. The first-order chi connectivity index (χ1) is 13.6. The van der Waals surface area contributed by atoms with Crippen LogP contribution in [0.3, 0.4) is 0 Å². The molecule has 0 bridgehead atoms. The maximum Gasteiger partial charge on any atom is 0.243 e. The molecule has 1 atom stereocenters. The van der Waals surface area contributed by atoms with Crippen molar-refractivity contribution >= 4 is 41.5 Å². The van der Waals surface area contributed by atoms with Gasteiger partial charge in [-0.15, -0.1) is 24.0 Å². The second-order valence-corrected chi connectivity index (χ2v) is 7.83. The average molecular weight is 515 g/mol. The van der Waals surface area contributed by atoms with Crippen molar-refractivity contribution in [2.75, 3.05) is 45.7 Å². The number of halogens is 1. The summed E-state index contributed by atoms with van der Waals surface area (Å²) in [5, 5.41) is 7.10. The zero-order chi connectivity index (χ0) is 19.9. The molecule has 1 aromatic rings. The summed E-state index contributed by atoms with van der Waals surface area (Å²) in [6.45, 7) is 2.01. The molecule has 2 N–H and O–H groups in total. The van der Waals surface area contributed by atoms with Crippen LogP contribution in [0.1, 0.15) is 32.1 Å². The number of amides is 1. The van der Waals surface area contributed by atoms with E-state index in [0.717, 1.165) is 36.9 Å². The van der Waals surface area contributed by atoms with Crippen molar-refractivity contribution in [1.29, 1.82) is 0 Å². The monoisotopic (exact) mass is 515 g/mol. The van der Waals surface area contributed by atoms with Crippen LogP contribution in [0, 0.1) is 0 Å². The number of methoxy groups -OCH3 is 1. The zero-order valence-corrected chi connectivity index (χ0v) is 20.0. The molecule has 1 aliphatic carbocycles. The van der Waals surface area contributed by atoms with Gasteiger partial charge in [0.1, 0.15) is 12.3 Å². The van der Waals surface area contributed by atoms with Crippen LogP contribution in [-0.2, 0) is 4.79 Å². The molecule has 0 spiro atoms. The minimum absolute atomic E-state index is 0. The van der Waals surface area contributed by atoms with E-state index in [2.05, 4.69) is 26.6 Å². The van der Waals surface area contributed by atoms with E-state index in [9.17, 15) is 4.79 Å². The summed E-state index contributed by atoms with van der Waals surface area (Å²) < 4.78 is 5.51. The normalized spacial score (nSPS) is 19.6. The second-order valence-electron chi connectivity index (χ2n) is 7.83. The summed E-state index contributed by atoms with van der Waals surface area (Å²) in [5.41, 5.74) is 1.12. The van der Waals surface area contributed by atoms with Crippen molar-refractivity contribution in [1.82, 2.24) is 15.5 Å². The molecule has 29 heavy (non-hydrogen) atoms. The number of carbonyl (C=O) groups excluding carboxylic acids is 1. The average Bonchev–Trinajstić information content (AvgIpc) is 3.37. The largest absolute Gasteiger partial charge is 0.495 e. The number of hydrogen-bond donors (Lipinski definition) is 2. The number of nitrogens with zero attached hydrogens (tertiary/aromatic N) is 3. The molecule has 1 saturated heterocycles. The van der Waals surface area contributed by atoms with Crippen molar-refractivity contribution in [2.24, 2.45) is 4.99 Å². The van der Waals surface area contributed by atoms with Gasteiger partial charge in [-0.1, -0.05) is 25.0 Å². The third-order valence-electron chi connectivity index (χ3n) is 5.52. The molecular weight excluding hydrogens is 481 g/mol. The Morgan fingerprint density at radius 1 is 1.17 bits per heavy atom. The number of hydrogen-bond acceptors (Lipinski definition) is 4. The highest BCUT2D eigenvalue weighted by molar-refractivity contribution is 14.0. The van der Waals surface area contributed by atoms with Crippen molar-refractivity contribution < 1.29 is 9.53 Å². The Kier molecular flexibility index (Phi) is 9.32. The lowest BCUT2D eigenvalue weighted by atomic mass is 10.2. The lowest BCUT2D eigenvalue weighted by molar-refractivity contribution is -0.127. The molecule has 1 saturated carbocycles. The topological polar surface area (TPSA) is 69.2 Å². The van der Waals surface area contributed by atoms with E-state index in [4.69, 9.17) is 4.74 Å². The highest BCUT2D eigenvalue weighted by Gasteiger charge is 2.26.